The Morgan fingerprint density at radius 1 is 1.32 bits per heavy atom. The Balaban J connectivity index is 1.37. The highest BCUT2D eigenvalue weighted by Gasteiger charge is 2.25. The van der Waals surface area contributed by atoms with Crippen LogP contribution in [0.1, 0.15) is 23.3 Å². The SMILES string of the molecule is CN(CC1CCN(c2nc3c(F)cc(F)cc3s2)CC1)C(=O)c1cn(C)cn1. The summed E-state index contributed by atoms with van der Waals surface area (Å²) in [5.74, 6) is -0.897. The van der Waals surface area contributed by atoms with Crippen molar-refractivity contribution in [1.29, 1.82) is 0 Å². The number of thiazole rings is 1. The molecule has 0 saturated carbocycles. The number of carbonyl (C=O) groups is 1. The number of anilines is 1. The van der Waals surface area contributed by atoms with Gasteiger partial charge in [-0.25, -0.2) is 18.7 Å². The predicted molar refractivity (Wildman–Crippen MR) is 105 cm³/mol. The van der Waals surface area contributed by atoms with Gasteiger partial charge in [0.1, 0.15) is 17.0 Å². The van der Waals surface area contributed by atoms with Crippen LogP contribution in [0.5, 0.6) is 0 Å². The molecule has 9 heteroatoms. The summed E-state index contributed by atoms with van der Waals surface area (Å²) in [5.41, 5.74) is 0.676. The number of hydrogen-bond acceptors (Lipinski definition) is 5. The summed E-state index contributed by atoms with van der Waals surface area (Å²) in [4.78, 5) is 24.7. The van der Waals surface area contributed by atoms with Gasteiger partial charge in [0.25, 0.3) is 5.91 Å². The standard InChI is InChI=1S/C19H21F2N5OS/c1-24-10-15(22-11-24)18(27)25(2)9-12-3-5-26(6-4-12)19-23-17-14(21)7-13(20)8-16(17)28-19/h7-8,10-12H,3-6,9H2,1-2H3. The zero-order valence-corrected chi connectivity index (χ0v) is 16.5. The minimum absolute atomic E-state index is 0.0771. The number of fused-ring (bicyclic) bond motifs is 1. The second-order valence-corrected chi connectivity index (χ2v) is 8.28. The van der Waals surface area contributed by atoms with Crippen LogP contribution in [0.3, 0.4) is 0 Å². The van der Waals surface area contributed by atoms with E-state index in [1.54, 1.807) is 29.0 Å². The molecule has 0 bridgehead atoms. The zero-order valence-electron chi connectivity index (χ0n) is 15.7. The Kier molecular flexibility index (Phi) is 5.01. The number of hydrogen-bond donors (Lipinski definition) is 0. The van der Waals surface area contributed by atoms with Gasteiger partial charge in [-0.15, -0.1) is 0 Å². The van der Waals surface area contributed by atoms with Gasteiger partial charge in [0.2, 0.25) is 0 Å². The van der Waals surface area contributed by atoms with Crippen molar-refractivity contribution in [1.82, 2.24) is 19.4 Å². The Hall–Kier alpha value is -2.55. The molecule has 0 aliphatic carbocycles. The van der Waals surface area contributed by atoms with Gasteiger partial charge in [0.15, 0.2) is 10.9 Å². The van der Waals surface area contributed by atoms with Crippen molar-refractivity contribution >= 4 is 32.6 Å². The molecule has 0 N–H and O–H groups in total. The fourth-order valence-electron chi connectivity index (χ4n) is 3.58. The maximum absolute atomic E-state index is 13.9. The molecule has 3 aromatic rings. The minimum atomic E-state index is -0.623. The number of aromatic nitrogens is 3. The molecule has 0 spiro atoms. The molecule has 1 aromatic carbocycles. The smallest absolute Gasteiger partial charge is 0.273 e. The van der Waals surface area contributed by atoms with Crippen molar-refractivity contribution in [2.24, 2.45) is 13.0 Å². The van der Waals surface area contributed by atoms with Crippen LogP contribution in [0.4, 0.5) is 13.9 Å². The highest BCUT2D eigenvalue weighted by molar-refractivity contribution is 7.22. The summed E-state index contributed by atoms with van der Waals surface area (Å²) in [6, 6.07) is 2.19. The maximum atomic E-state index is 13.9. The molecule has 6 nitrogen and oxygen atoms in total. The molecule has 1 fully saturated rings. The van der Waals surface area contributed by atoms with E-state index >= 15 is 0 Å². The van der Waals surface area contributed by atoms with Gasteiger partial charge in [-0.05, 0) is 24.8 Å². The van der Waals surface area contributed by atoms with Crippen LogP contribution in [0.15, 0.2) is 24.7 Å². The first-order valence-corrected chi connectivity index (χ1v) is 9.96. The molecule has 28 heavy (non-hydrogen) atoms. The van der Waals surface area contributed by atoms with Crippen LogP contribution in [-0.4, -0.2) is 52.0 Å². The number of aryl methyl sites for hydroxylation is 1. The maximum Gasteiger partial charge on any atom is 0.273 e. The topological polar surface area (TPSA) is 54.3 Å². The van der Waals surface area contributed by atoms with Crippen molar-refractivity contribution in [2.75, 3.05) is 31.6 Å². The number of piperidine rings is 1. The molecule has 1 amide bonds. The Morgan fingerprint density at radius 2 is 2.07 bits per heavy atom. The van der Waals surface area contributed by atoms with Crippen LogP contribution in [0, 0.1) is 17.6 Å². The van der Waals surface area contributed by atoms with Crippen LogP contribution in [0.2, 0.25) is 0 Å². The second-order valence-electron chi connectivity index (χ2n) is 7.27. The third-order valence-corrected chi connectivity index (χ3v) is 6.15. The Bertz CT molecular complexity index is 1010. The van der Waals surface area contributed by atoms with Crippen LogP contribution >= 0.6 is 11.3 Å². The summed E-state index contributed by atoms with van der Waals surface area (Å²) in [6.07, 6.45) is 5.15. The van der Waals surface area contributed by atoms with E-state index in [0.717, 1.165) is 37.1 Å². The van der Waals surface area contributed by atoms with Crippen LogP contribution in [-0.2, 0) is 7.05 Å². The summed E-state index contributed by atoms with van der Waals surface area (Å²) >= 11 is 1.31. The van der Waals surface area contributed by atoms with Gasteiger partial charge in [-0.1, -0.05) is 11.3 Å². The van der Waals surface area contributed by atoms with Crippen molar-refractivity contribution < 1.29 is 13.6 Å². The first-order valence-electron chi connectivity index (χ1n) is 9.14. The van der Waals surface area contributed by atoms with E-state index < -0.39 is 11.6 Å². The number of carbonyl (C=O) groups excluding carboxylic acids is 1. The fraction of sp³-hybridized carbons (Fsp3) is 0.421. The average molecular weight is 405 g/mol. The predicted octanol–water partition coefficient (Wildman–Crippen LogP) is 3.30. The lowest BCUT2D eigenvalue weighted by Crippen LogP contribution is -2.39. The lowest BCUT2D eigenvalue weighted by molar-refractivity contribution is 0.0759. The largest absolute Gasteiger partial charge is 0.348 e. The second kappa shape index (κ2) is 7.46. The van der Waals surface area contributed by atoms with E-state index in [9.17, 15) is 13.6 Å². The Morgan fingerprint density at radius 3 is 2.75 bits per heavy atom. The van der Waals surface area contributed by atoms with Gasteiger partial charge in [-0.3, -0.25) is 4.79 Å². The van der Waals surface area contributed by atoms with E-state index in [0.29, 0.717) is 22.9 Å². The number of nitrogens with zero attached hydrogens (tertiary/aromatic N) is 5. The molecule has 0 unspecified atom stereocenters. The fourth-order valence-corrected chi connectivity index (χ4v) is 4.63. The molecule has 1 saturated heterocycles. The average Bonchev–Trinajstić information content (AvgIpc) is 3.28. The van der Waals surface area contributed by atoms with Gasteiger partial charge in [0.05, 0.1) is 11.0 Å². The summed E-state index contributed by atoms with van der Waals surface area (Å²) in [6.45, 7) is 2.23. The van der Waals surface area contributed by atoms with Gasteiger partial charge >= 0.3 is 0 Å². The van der Waals surface area contributed by atoms with Crippen molar-refractivity contribution in [2.45, 2.75) is 12.8 Å². The lowest BCUT2D eigenvalue weighted by atomic mass is 9.96. The van der Waals surface area contributed by atoms with E-state index in [-0.39, 0.29) is 11.4 Å². The number of benzene rings is 1. The molecule has 0 atom stereocenters. The lowest BCUT2D eigenvalue weighted by Gasteiger charge is -2.33. The molecule has 3 heterocycles. The minimum Gasteiger partial charge on any atom is -0.348 e. The van der Waals surface area contributed by atoms with Gasteiger partial charge < -0.3 is 14.4 Å². The third-order valence-electron chi connectivity index (χ3n) is 5.09. The molecule has 4 rings (SSSR count). The zero-order chi connectivity index (χ0) is 19.8. The summed E-state index contributed by atoms with van der Waals surface area (Å²) in [7, 11) is 3.63. The van der Waals surface area contributed by atoms with E-state index in [2.05, 4.69) is 14.9 Å². The van der Waals surface area contributed by atoms with Crippen molar-refractivity contribution in [3.05, 3.63) is 42.0 Å². The highest BCUT2D eigenvalue weighted by atomic mass is 32.1. The van der Waals surface area contributed by atoms with Crippen LogP contribution < -0.4 is 4.90 Å². The number of amides is 1. The van der Waals surface area contributed by atoms with E-state index in [4.69, 9.17) is 0 Å². The molecule has 2 aromatic heterocycles. The number of halogens is 2. The molecule has 148 valence electrons. The first kappa shape index (κ1) is 18.8. The highest BCUT2D eigenvalue weighted by Crippen LogP contribution is 2.33. The molecule has 1 aliphatic rings. The molecular formula is C19H21F2N5OS. The van der Waals surface area contributed by atoms with Crippen molar-refractivity contribution in [3.8, 4) is 0 Å². The van der Waals surface area contributed by atoms with Crippen molar-refractivity contribution in [3.63, 3.8) is 0 Å². The molecule has 0 radical (unpaired) electrons. The third kappa shape index (κ3) is 3.71. The summed E-state index contributed by atoms with van der Waals surface area (Å²) < 4.78 is 29.6. The first-order chi connectivity index (χ1) is 13.4. The quantitative estimate of drug-likeness (QED) is 0.668. The summed E-state index contributed by atoms with van der Waals surface area (Å²) in [5, 5.41) is 0.718. The van der Waals surface area contributed by atoms with Gasteiger partial charge in [-0.2, -0.15) is 0 Å². The monoisotopic (exact) mass is 405 g/mol. The molecule has 1 aliphatic heterocycles. The van der Waals surface area contributed by atoms with E-state index in [1.807, 2.05) is 7.05 Å². The number of rotatable bonds is 4. The van der Waals surface area contributed by atoms with Crippen LogP contribution in [0.25, 0.3) is 10.2 Å². The number of imidazole rings is 1. The molecular weight excluding hydrogens is 384 g/mol. The van der Waals surface area contributed by atoms with Gasteiger partial charge in [0, 0.05) is 46.0 Å². The normalized spacial score (nSPS) is 15.4. The van der Waals surface area contributed by atoms with E-state index in [1.165, 1.54) is 17.4 Å². The Labute approximate surface area is 165 Å².